The first kappa shape index (κ1) is 17.1. The lowest BCUT2D eigenvalue weighted by atomic mass is 9.99. The predicted molar refractivity (Wildman–Crippen MR) is 76.4 cm³/mol. The van der Waals surface area contributed by atoms with Gasteiger partial charge in [0.2, 0.25) is 0 Å². The van der Waals surface area contributed by atoms with Gasteiger partial charge in [0.05, 0.1) is 11.5 Å². The predicted octanol–water partition coefficient (Wildman–Crippen LogP) is 2.92. The third-order valence-corrected chi connectivity index (χ3v) is 2.92. The molecule has 0 aliphatic rings. The Hall–Kier alpha value is -2.97. The van der Waals surface area contributed by atoms with Crippen molar-refractivity contribution in [2.75, 3.05) is 0 Å². The summed E-state index contributed by atoms with van der Waals surface area (Å²) in [6, 6.07) is 3.64. The van der Waals surface area contributed by atoms with Crippen LogP contribution in [-0.2, 0) is 6.54 Å². The highest BCUT2D eigenvalue weighted by atomic mass is 16.6. The van der Waals surface area contributed by atoms with Crippen LogP contribution in [0.25, 0.3) is 0 Å². The van der Waals surface area contributed by atoms with E-state index in [2.05, 4.69) is 0 Å². The maximum absolute atomic E-state index is 10.9. The molecule has 0 saturated heterocycles. The number of nitro groups is 1. The molecule has 22 heavy (non-hydrogen) atoms. The molecule has 0 atom stereocenters. The lowest BCUT2D eigenvalue weighted by molar-refractivity contribution is -0.384. The molecule has 118 valence electrons. The minimum atomic E-state index is -1.69. The van der Waals surface area contributed by atoms with Crippen LogP contribution in [0, 0.1) is 15.5 Å². The van der Waals surface area contributed by atoms with Gasteiger partial charge in [0.15, 0.2) is 0 Å². The van der Waals surface area contributed by atoms with Gasteiger partial charge in [0.1, 0.15) is 0 Å². The van der Waals surface area contributed by atoms with Gasteiger partial charge in [-0.15, -0.1) is 0 Å². The van der Waals surface area contributed by atoms with Crippen LogP contribution < -0.4 is 0 Å². The number of hydrogen-bond donors (Lipinski definition) is 3. The van der Waals surface area contributed by atoms with Crippen LogP contribution in [0.4, 0.5) is 15.3 Å². The van der Waals surface area contributed by atoms with E-state index in [4.69, 9.17) is 15.6 Å². The van der Waals surface area contributed by atoms with Gasteiger partial charge in [-0.05, 0) is 18.1 Å². The Balaban J connectivity index is 3.30. The lowest BCUT2D eigenvalue weighted by Gasteiger charge is -2.16. The second-order valence-electron chi connectivity index (χ2n) is 4.48. The van der Waals surface area contributed by atoms with Gasteiger partial charge in [-0.1, -0.05) is 13.3 Å². The summed E-state index contributed by atoms with van der Waals surface area (Å²) in [5.41, 5.74) is 0.291. The topological polar surface area (TPSA) is 145 Å². The number of hydrogen-bond acceptors (Lipinski definition) is 5. The minimum absolute atomic E-state index is 0.109. The number of nitrogens with zero attached hydrogens (tertiary/aromatic N) is 2. The Morgan fingerprint density at radius 1 is 1.32 bits per heavy atom. The molecule has 9 nitrogen and oxygen atoms in total. The maximum Gasteiger partial charge on any atom is 0.417 e. The molecular weight excluding hydrogens is 294 g/mol. The van der Waals surface area contributed by atoms with Crippen LogP contribution in [0.3, 0.4) is 0 Å². The van der Waals surface area contributed by atoms with Crippen LogP contribution in [0.1, 0.15) is 30.9 Å². The number of rotatable bonds is 6. The molecule has 0 radical (unpaired) electrons. The van der Waals surface area contributed by atoms with Gasteiger partial charge in [-0.2, -0.15) is 0 Å². The molecule has 0 aliphatic carbocycles. The van der Waals surface area contributed by atoms with Crippen LogP contribution in [0.2, 0.25) is 0 Å². The fourth-order valence-corrected chi connectivity index (χ4v) is 1.89. The van der Waals surface area contributed by atoms with E-state index in [1.807, 2.05) is 6.92 Å². The highest BCUT2D eigenvalue weighted by Crippen LogP contribution is 2.21. The fraction of sp³-hybridized carbons (Fsp3) is 0.308. The van der Waals surface area contributed by atoms with Crippen molar-refractivity contribution in [3.8, 4) is 0 Å². The SMILES string of the molecule is CCCC(=N)c1ccc([N+](=O)[O-])cc1CN(C(=O)O)C(=O)O. The molecule has 1 rings (SSSR count). The zero-order valence-electron chi connectivity index (χ0n) is 11.8. The van der Waals surface area contributed by atoms with E-state index in [9.17, 15) is 19.7 Å². The molecule has 0 heterocycles. The molecule has 0 fully saturated rings. The van der Waals surface area contributed by atoms with E-state index in [0.717, 1.165) is 6.07 Å². The Bertz CT molecular complexity index is 614. The van der Waals surface area contributed by atoms with Crippen molar-refractivity contribution in [3.63, 3.8) is 0 Å². The van der Waals surface area contributed by atoms with Gasteiger partial charge >= 0.3 is 12.2 Å². The second kappa shape index (κ2) is 7.16. The maximum atomic E-state index is 10.9. The van der Waals surface area contributed by atoms with Crippen molar-refractivity contribution in [3.05, 3.63) is 39.4 Å². The number of nitro benzene ring substituents is 1. The number of amides is 2. The van der Waals surface area contributed by atoms with Crippen molar-refractivity contribution < 1.29 is 24.7 Å². The van der Waals surface area contributed by atoms with Gasteiger partial charge in [-0.3, -0.25) is 10.1 Å². The van der Waals surface area contributed by atoms with Crippen molar-refractivity contribution in [1.82, 2.24) is 4.90 Å². The standard InChI is InChI=1S/C13H15N3O6/c1-2-3-11(14)10-5-4-9(16(21)22)6-8(10)7-15(12(17)18)13(19)20/h4-6,14H,2-3,7H2,1H3,(H,17,18)(H,19,20). The number of nitrogens with one attached hydrogen (secondary N) is 1. The van der Waals surface area contributed by atoms with Gasteiger partial charge < -0.3 is 15.6 Å². The van der Waals surface area contributed by atoms with E-state index in [-0.39, 0.29) is 21.9 Å². The summed E-state index contributed by atoms with van der Waals surface area (Å²) in [6.07, 6.45) is -2.32. The fourth-order valence-electron chi connectivity index (χ4n) is 1.89. The minimum Gasteiger partial charge on any atom is -0.465 e. The first-order valence-electron chi connectivity index (χ1n) is 6.36. The number of non-ortho nitro benzene ring substituents is 1. The molecule has 0 bridgehead atoms. The van der Waals surface area contributed by atoms with Crippen molar-refractivity contribution in [1.29, 1.82) is 5.41 Å². The van der Waals surface area contributed by atoms with Gasteiger partial charge in [0, 0.05) is 23.4 Å². The van der Waals surface area contributed by atoms with E-state index >= 15 is 0 Å². The monoisotopic (exact) mass is 309 g/mol. The second-order valence-corrected chi connectivity index (χ2v) is 4.48. The third-order valence-electron chi connectivity index (χ3n) is 2.92. The van der Waals surface area contributed by atoms with Crippen LogP contribution >= 0.6 is 0 Å². The molecule has 3 N–H and O–H groups in total. The summed E-state index contributed by atoms with van der Waals surface area (Å²) in [4.78, 5) is 32.1. The molecule has 0 saturated carbocycles. The third kappa shape index (κ3) is 4.01. The molecule has 0 aliphatic heterocycles. The van der Waals surface area contributed by atoms with Gasteiger partial charge in [-0.25, -0.2) is 14.5 Å². The first-order valence-corrected chi connectivity index (χ1v) is 6.36. The largest absolute Gasteiger partial charge is 0.465 e. The summed E-state index contributed by atoms with van der Waals surface area (Å²) >= 11 is 0. The average Bonchev–Trinajstić information content (AvgIpc) is 2.43. The Morgan fingerprint density at radius 2 is 1.91 bits per heavy atom. The summed E-state index contributed by atoms with van der Waals surface area (Å²) in [5.74, 6) is 0. The smallest absolute Gasteiger partial charge is 0.417 e. The first-order chi connectivity index (χ1) is 10.3. The number of carbonyl (C=O) groups is 2. The van der Waals surface area contributed by atoms with E-state index in [1.165, 1.54) is 12.1 Å². The van der Waals surface area contributed by atoms with E-state index < -0.39 is 23.7 Å². The Kier molecular flexibility index (Phi) is 5.56. The Labute approximate surface area is 125 Å². The molecule has 0 unspecified atom stereocenters. The number of imide groups is 1. The average molecular weight is 309 g/mol. The summed E-state index contributed by atoms with van der Waals surface area (Å²) < 4.78 is 0. The van der Waals surface area contributed by atoms with Gasteiger partial charge in [0.25, 0.3) is 5.69 Å². The molecule has 1 aromatic rings. The molecule has 0 aromatic heterocycles. The van der Waals surface area contributed by atoms with E-state index in [1.54, 1.807) is 0 Å². The quantitative estimate of drug-likeness (QED) is 0.418. The highest BCUT2D eigenvalue weighted by molar-refractivity contribution is 6.00. The number of carboxylic acid groups (broad SMARTS) is 2. The molecule has 2 amide bonds. The van der Waals surface area contributed by atoms with Crippen LogP contribution in [0.15, 0.2) is 18.2 Å². The van der Waals surface area contributed by atoms with E-state index in [0.29, 0.717) is 18.4 Å². The molecule has 1 aromatic carbocycles. The zero-order valence-corrected chi connectivity index (χ0v) is 11.8. The van der Waals surface area contributed by atoms with Crippen molar-refractivity contribution in [2.24, 2.45) is 0 Å². The van der Waals surface area contributed by atoms with Crippen LogP contribution in [-0.4, -0.2) is 37.9 Å². The molecule has 0 spiro atoms. The highest BCUT2D eigenvalue weighted by Gasteiger charge is 2.23. The summed E-state index contributed by atoms with van der Waals surface area (Å²) in [6.45, 7) is 1.27. The van der Waals surface area contributed by atoms with Crippen LogP contribution in [0.5, 0.6) is 0 Å². The zero-order chi connectivity index (χ0) is 16.9. The summed E-state index contributed by atoms with van der Waals surface area (Å²) in [7, 11) is 0. The number of benzene rings is 1. The molecule has 9 heteroatoms. The van der Waals surface area contributed by atoms with Crippen molar-refractivity contribution >= 4 is 23.6 Å². The summed E-state index contributed by atoms with van der Waals surface area (Å²) in [5, 5.41) is 36.5. The van der Waals surface area contributed by atoms with Crippen molar-refractivity contribution in [2.45, 2.75) is 26.3 Å². The lowest BCUT2D eigenvalue weighted by Crippen LogP contribution is -2.34. The normalized spacial score (nSPS) is 10.0. The Morgan fingerprint density at radius 3 is 2.36 bits per heavy atom. The molecular formula is C13H15N3O6.